The van der Waals surface area contributed by atoms with E-state index in [1.165, 1.54) is 0 Å². The number of fused-ring (bicyclic) bond motifs is 1. The van der Waals surface area contributed by atoms with Gasteiger partial charge in [-0.1, -0.05) is 30.3 Å². The molecule has 0 radical (unpaired) electrons. The van der Waals surface area contributed by atoms with E-state index >= 15 is 0 Å². The first-order valence-corrected chi connectivity index (χ1v) is 9.17. The van der Waals surface area contributed by atoms with Crippen LogP contribution in [-0.2, 0) is 6.54 Å². The average Bonchev–Trinajstić information content (AvgIpc) is 3.04. The molecule has 0 fully saturated rings. The van der Waals surface area contributed by atoms with E-state index in [4.69, 9.17) is 0 Å². The molecular formula is C23H19N3O3. The fourth-order valence-electron chi connectivity index (χ4n) is 3.24. The van der Waals surface area contributed by atoms with Crippen LogP contribution in [0.4, 0.5) is 5.69 Å². The van der Waals surface area contributed by atoms with Crippen molar-refractivity contribution < 1.29 is 14.7 Å². The SMILES string of the molecule is Cc1nc2ccc(C(=O)O)cc2n1Cc1ccc(NC(=O)c2ccccc2)cc1. The Hall–Kier alpha value is -3.93. The summed E-state index contributed by atoms with van der Waals surface area (Å²) in [5.74, 6) is -0.309. The smallest absolute Gasteiger partial charge is 0.335 e. The Bertz CT molecular complexity index is 1200. The lowest BCUT2D eigenvalue weighted by Crippen LogP contribution is -2.11. The minimum absolute atomic E-state index is 0.156. The lowest BCUT2D eigenvalue weighted by Gasteiger charge is -2.09. The zero-order valence-electron chi connectivity index (χ0n) is 15.8. The van der Waals surface area contributed by atoms with Crippen molar-refractivity contribution in [2.24, 2.45) is 0 Å². The second kappa shape index (κ2) is 7.59. The number of aromatic carboxylic acids is 1. The molecule has 144 valence electrons. The van der Waals surface area contributed by atoms with E-state index < -0.39 is 5.97 Å². The molecule has 4 rings (SSSR count). The van der Waals surface area contributed by atoms with Crippen LogP contribution in [0.2, 0.25) is 0 Å². The van der Waals surface area contributed by atoms with Crippen LogP contribution in [-0.4, -0.2) is 26.5 Å². The number of carboxylic acid groups (broad SMARTS) is 1. The predicted molar refractivity (Wildman–Crippen MR) is 111 cm³/mol. The number of imidazole rings is 1. The van der Waals surface area contributed by atoms with Gasteiger partial charge in [0.1, 0.15) is 5.82 Å². The van der Waals surface area contributed by atoms with Crippen LogP contribution >= 0.6 is 0 Å². The number of hydrogen-bond acceptors (Lipinski definition) is 3. The normalized spacial score (nSPS) is 10.8. The molecule has 3 aromatic carbocycles. The molecule has 0 saturated carbocycles. The van der Waals surface area contributed by atoms with Crippen molar-refractivity contribution in [3.63, 3.8) is 0 Å². The van der Waals surface area contributed by atoms with E-state index in [2.05, 4.69) is 10.3 Å². The number of aromatic nitrogens is 2. The summed E-state index contributed by atoms with van der Waals surface area (Å²) in [6, 6.07) is 21.6. The molecule has 1 aromatic heterocycles. The number of aryl methyl sites for hydroxylation is 1. The maximum atomic E-state index is 12.3. The van der Waals surface area contributed by atoms with Gasteiger partial charge in [-0.2, -0.15) is 0 Å². The van der Waals surface area contributed by atoms with Gasteiger partial charge in [0.25, 0.3) is 5.91 Å². The highest BCUT2D eigenvalue weighted by atomic mass is 16.4. The van der Waals surface area contributed by atoms with Crippen molar-refractivity contribution in [3.8, 4) is 0 Å². The summed E-state index contributed by atoms with van der Waals surface area (Å²) in [5.41, 5.74) is 4.11. The molecule has 4 aromatic rings. The second-order valence-corrected chi connectivity index (χ2v) is 6.77. The molecule has 0 spiro atoms. The first-order chi connectivity index (χ1) is 14.0. The summed E-state index contributed by atoms with van der Waals surface area (Å²) in [5, 5.41) is 12.1. The number of hydrogen-bond donors (Lipinski definition) is 2. The molecule has 0 aliphatic rings. The molecule has 1 heterocycles. The van der Waals surface area contributed by atoms with E-state index in [1.807, 2.05) is 54.0 Å². The molecule has 6 nitrogen and oxygen atoms in total. The van der Waals surface area contributed by atoms with Crippen LogP contribution in [0.1, 0.15) is 32.1 Å². The molecule has 2 N–H and O–H groups in total. The Balaban J connectivity index is 1.54. The molecule has 6 heteroatoms. The van der Waals surface area contributed by atoms with Crippen LogP contribution in [0.3, 0.4) is 0 Å². The van der Waals surface area contributed by atoms with Gasteiger partial charge in [-0.05, 0) is 55.0 Å². The number of carboxylic acids is 1. The van der Waals surface area contributed by atoms with Crippen molar-refractivity contribution in [1.82, 2.24) is 9.55 Å². The van der Waals surface area contributed by atoms with Gasteiger partial charge in [-0.25, -0.2) is 9.78 Å². The maximum Gasteiger partial charge on any atom is 0.335 e. The van der Waals surface area contributed by atoms with Gasteiger partial charge in [-0.15, -0.1) is 0 Å². The third-order valence-corrected chi connectivity index (χ3v) is 4.77. The first-order valence-electron chi connectivity index (χ1n) is 9.17. The van der Waals surface area contributed by atoms with Crippen molar-refractivity contribution in [2.75, 3.05) is 5.32 Å². The van der Waals surface area contributed by atoms with Crippen LogP contribution in [0.5, 0.6) is 0 Å². The van der Waals surface area contributed by atoms with E-state index in [1.54, 1.807) is 30.3 Å². The first kappa shape index (κ1) is 18.4. The fraction of sp³-hybridized carbons (Fsp3) is 0.0870. The van der Waals surface area contributed by atoms with Gasteiger partial charge in [-0.3, -0.25) is 4.79 Å². The molecule has 29 heavy (non-hydrogen) atoms. The largest absolute Gasteiger partial charge is 0.478 e. The molecule has 0 aliphatic carbocycles. The van der Waals surface area contributed by atoms with Crippen LogP contribution in [0.25, 0.3) is 11.0 Å². The predicted octanol–water partition coefficient (Wildman–Crippen LogP) is 4.34. The fourth-order valence-corrected chi connectivity index (χ4v) is 3.24. The molecule has 0 aliphatic heterocycles. The van der Waals surface area contributed by atoms with E-state index in [9.17, 15) is 14.7 Å². The third kappa shape index (κ3) is 3.87. The Kier molecular flexibility index (Phi) is 4.83. The summed E-state index contributed by atoms with van der Waals surface area (Å²) in [4.78, 5) is 28.1. The quantitative estimate of drug-likeness (QED) is 0.535. The number of rotatable bonds is 5. The molecule has 0 saturated heterocycles. The summed E-state index contributed by atoms with van der Waals surface area (Å²) in [6.45, 7) is 2.45. The van der Waals surface area contributed by atoms with Crippen LogP contribution in [0.15, 0.2) is 72.8 Å². The van der Waals surface area contributed by atoms with Crippen molar-refractivity contribution in [1.29, 1.82) is 0 Å². The maximum absolute atomic E-state index is 12.3. The highest BCUT2D eigenvalue weighted by molar-refractivity contribution is 6.04. The monoisotopic (exact) mass is 385 g/mol. The number of carbonyl (C=O) groups is 2. The summed E-state index contributed by atoms with van der Waals surface area (Å²) >= 11 is 0. The Morgan fingerprint density at radius 3 is 2.38 bits per heavy atom. The number of nitrogens with zero attached hydrogens (tertiary/aromatic N) is 2. The molecule has 1 amide bonds. The van der Waals surface area contributed by atoms with Gasteiger partial charge < -0.3 is 15.0 Å². The minimum atomic E-state index is -0.962. The second-order valence-electron chi connectivity index (χ2n) is 6.77. The average molecular weight is 385 g/mol. The summed E-state index contributed by atoms with van der Waals surface area (Å²) in [7, 11) is 0. The van der Waals surface area contributed by atoms with Gasteiger partial charge >= 0.3 is 5.97 Å². The van der Waals surface area contributed by atoms with Gasteiger partial charge in [0.2, 0.25) is 0 Å². The highest BCUT2D eigenvalue weighted by Crippen LogP contribution is 2.20. The lowest BCUT2D eigenvalue weighted by molar-refractivity contribution is 0.0696. The molecule has 0 atom stereocenters. The Labute approximate surface area is 167 Å². The Morgan fingerprint density at radius 1 is 0.966 bits per heavy atom. The van der Waals surface area contributed by atoms with Crippen molar-refractivity contribution in [2.45, 2.75) is 13.5 Å². The number of amides is 1. The third-order valence-electron chi connectivity index (χ3n) is 4.77. The summed E-state index contributed by atoms with van der Waals surface area (Å²) in [6.07, 6.45) is 0. The van der Waals surface area contributed by atoms with Crippen LogP contribution in [0, 0.1) is 6.92 Å². The molecule has 0 unspecified atom stereocenters. The van der Waals surface area contributed by atoms with E-state index in [-0.39, 0.29) is 11.5 Å². The van der Waals surface area contributed by atoms with Gasteiger partial charge in [0, 0.05) is 17.8 Å². The number of nitrogens with one attached hydrogen (secondary N) is 1. The molecular weight excluding hydrogens is 366 g/mol. The van der Waals surface area contributed by atoms with E-state index in [0.717, 1.165) is 22.4 Å². The van der Waals surface area contributed by atoms with Crippen LogP contribution < -0.4 is 5.32 Å². The minimum Gasteiger partial charge on any atom is -0.478 e. The zero-order chi connectivity index (χ0) is 20.4. The summed E-state index contributed by atoms with van der Waals surface area (Å²) < 4.78 is 1.99. The topological polar surface area (TPSA) is 84.2 Å². The lowest BCUT2D eigenvalue weighted by atomic mass is 10.1. The molecule has 0 bridgehead atoms. The number of benzene rings is 3. The number of anilines is 1. The standard InChI is InChI=1S/C23H19N3O3/c1-15-24-20-12-9-18(23(28)29)13-21(20)26(15)14-16-7-10-19(11-8-16)25-22(27)17-5-3-2-4-6-17/h2-13H,14H2,1H3,(H,25,27)(H,28,29). The highest BCUT2D eigenvalue weighted by Gasteiger charge is 2.12. The van der Waals surface area contributed by atoms with Crippen molar-refractivity contribution >= 4 is 28.6 Å². The zero-order valence-corrected chi connectivity index (χ0v) is 15.8. The van der Waals surface area contributed by atoms with Gasteiger partial charge in [0.15, 0.2) is 0 Å². The number of carbonyl (C=O) groups excluding carboxylic acids is 1. The van der Waals surface area contributed by atoms with E-state index in [0.29, 0.717) is 17.8 Å². The Morgan fingerprint density at radius 2 is 1.69 bits per heavy atom. The van der Waals surface area contributed by atoms with Gasteiger partial charge in [0.05, 0.1) is 16.6 Å². The van der Waals surface area contributed by atoms with Crippen molar-refractivity contribution in [3.05, 3.63) is 95.3 Å².